The highest BCUT2D eigenvalue weighted by atomic mass is 32.2. The van der Waals surface area contributed by atoms with Crippen LogP contribution in [0.1, 0.15) is 33.1 Å². The van der Waals surface area contributed by atoms with E-state index >= 15 is 0 Å². The van der Waals surface area contributed by atoms with Crippen molar-refractivity contribution in [2.24, 2.45) is 11.7 Å². The minimum atomic E-state index is -3.29. The minimum absolute atomic E-state index is 0.0996. The lowest BCUT2D eigenvalue weighted by Gasteiger charge is -2.19. The fourth-order valence-corrected chi connectivity index (χ4v) is 3.27. The molecular weight excluding hydrogens is 226 g/mol. The third-order valence-electron chi connectivity index (χ3n) is 2.71. The van der Waals surface area contributed by atoms with E-state index in [4.69, 9.17) is 5.73 Å². The first kappa shape index (κ1) is 13.9. The van der Waals surface area contributed by atoms with Crippen LogP contribution in [0, 0.1) is 5.92 Å². The van der Waals surface area contributed by atoms with Crippen molar-refractivity contribution in [3.8, 4) is 0 Å². The Bertz CT molecular complexity index is 297. The molecule has 0 aromatic heterocycles. The number of hydrogen-bond donors (Lipinski definition) is 2. The number of nitrogens with one attached hydrogen (secondary N) is 1. The van der Waals surface area contributed by atoms with Gasteiger partial charge in [-0.15, -0.1) is 0 Å². The van der Waals surface area contributed by atoms with Crippen LogP contribution in [0.3, 0.4) is 0 Å². The summed E-state index contributed by atoms with van der Waals surface area (Å²) in [5, 5.41) is 0. The van der Waals surface area contributed by atoms with Gasteiger partial charge in [-0.2, -0.15) is 12.7 Å². The van der Waals surface area contributed by atoms with Crippen molar-refractivity contribution < 1.29 is 8.42 Å². The Balaban J connectivity index is 2.35. The maximum absolute atomic E-state index is 11.8. The first-order valence-corrected chi connectivity index (χ1v) is 7.36. The molecule has 0 saturated carbocycles. The summed E-state index contributed by atoms with van der Waals surface area (Å²) >= 11 is 0. The van der Waals surface area contributed by atoms with E-state index in [1.165, 1.54) is 4.31 Å². The van der Waals surface area contributed by atoms with Crippen LogP contribution in [0.4, 0.5) is 0 Å². The zero-order chi connectivity index (χ0) is 12.2. The summed E-state index contributed by atoms with van der Waals surface area (Å²) in [6, 6.07) is -0.0996. The van der Waals surface area contributed by atoms with Gasteiger partial charge in [0.15, 0.2) is 0 Å². The molecule has 0 amide bonds. The van der Waals surface area contributed by atoms with Gasteiger partial charge in [0.2, 0.25) is 0 Å². The SMILES string of the molecule is CC(C)CC(N)CNS(=O)(=O)N1CCCC1. The van der Waals surface area contributed by atoms with Gasteiger partial charge in [-0.25, -0.2) is 4.72 Å². The monoisotopic (exact) mass is 249 g/mol. The maximum Gasteiger partial charge on any atom is 0.279 e. The smallest absolute Gasteiger partial charge is 0.279 e. The van der Waals surface area contributed by atoms with Crippen molar-refractivity contribution in [3.63, 3.8) is 0 Å². The molecule has 1 heterocycles. The molecule has 1 saturated heterocycles. The molecule has 0 aliphatic carbocycles. The third kappa shape index (κ3) is 4.37. The van der Waals surface area contributed by atoms with Gasteiger partial charge in [0.25, 0.3) is 10.2 Å². The normalized spacial score (nSPS) is 20.5. The molecule has 1 fully saturated rings. The Hall–Kier alpha value is -0.170. The molecule has 0 aromatic rings. The lowest BCUT2D eigenvalue weighted by atomic mass is 10.1. The van der Waals surface area contributed by atoms with Crippen molar-refractivity contribution in [2.45, 2.75) is 39.2 Å². The van der Waals surface area contributed by atoms with Gasteiger partial charge in [0, 0.05) is 25.7 Å². The summed E-state index contributed by atoms with van der Waals surface area (Å²) in [5.74, 6) is 0.492. The molecule has 0 bridgehead atoms. The average molecular weight is 249 g/mol. The van der Waals surface area contributed by atoms with Crippen LogP contribution < -0.4 is 10.5 Å². The summed E-state index contributed by atoms with van der Waals surface area (Å²) in [5.41, 5.74) is 5.84. The van der Waals surface area contributed by atoms with E-state index in [9.17, 15) is 8.42 Å². The Kier molecular flexibility index (Phi) is 5.17. The summed E-state index contributed by atoms with van der Waals surface area (Å²) < 4.78 is 27.6. The molecule has 96 valence electrons. The standard InChI is InChI=1S/C10H23N3O2S/c1-9(2)7-10(11)8-12-16(14,15)13-5-3-4-6-13/h9-10,12H,3-8,11H2,1-2H3. The van der Waals surface area contributed by atoms with E-state index in [-0.39, 0.29) is 6.04 Å². The van der Waals surface area contributed by atoms with E-state index in [0.29, 0.717) is 25.6 Å². The van der Waals surface area contributed by atoms with Crippen molar-refractivity contribution in [3.05, 3.63) is 0 Å². The van der Waals surface area contributed by atoms with Crippen molar-refractivity contribution in [2.75, 3.05) is 19.6 Å². The lowest BCUT2D eigenvalue weighted by molar-refractivity contribution is 0.447. The molecule has 0 spiro atoms. The fraction of sp³-hybridized carbons (Fsp3) is 1.00. The van der Waals surface area contributed by atoms with Gasteiger partial charge >= 0.3 is 0 Å². The second-order valence-electron chi connectivity index (χ2n) is 4.85. The van der Waals surface area contributed by atoms with Crippen molar-refractivity contribution in [1.82, 2.24) is 9.03 Å². The van der Waals surface area contributed by atoms with E-state index in [2.05, 4.69) is 18.6 Å². The quantitative estimate of drug-likeness (QED) is 0.710. The predicted octanol–water partition coefficient (Wildman–Crippen LogP) is 0.290. The summed E-state index contributed by atoms with van der Waals surface area (Å²) in [6.07, 6.45) is 2.75. The summed E-state index contributed by atoms with van der Waals surface area (Å²) in [4.78, 5) is 0. The Morgan fingerprint density at radius 3 is 2.38 bits per heavy atom. The highest BCUT2D eigenvalue weighted by Crippen LogP contribution is 2.11. The highest BCUT2D eigenvalue weighted by molar-refractivity contribution is 7.87. The summed E-state index contributed by atoms with van der Waals surface area (Å²) in [6.45, 7) is 5.75. The Morgan fingerprint density at radius 1 is 1.31 bits per heavy atom. The molecule has 5 nitrogen and oxygen atoms in total. The van der Waals surface area contributed by atoms with Crippen LogP contribution in [-0.2, 0) is 10.2 Å². The summed E-state index contributed by atoms with van der Waals surface area (Å²) in [7, 11) is -3.29. The molecule has 6 heteroatoms. The molecule has 1 unspecified atom stereocenters. The van der Waals surface area contributed by atoms with Crippen LogP contribution in [0.15, 0.2) is 0 Å². The molecule has 0 radical (unpaired) electrons. The number of hydrogen-bond acceptors (Lipinski definition) is 3. The lowest BCUT2D eigenvalue weighted by Crippen LogP contribution is -2.44. The van der Waals surface area contributed by atoms with Gasteiger partial charge in [0.05, 0.1) is 0 Å². The van der Waals surface area contributed by atoms with Crippen LogP contribution in [0.5, 0.6) is 0 Å². The highest BCUT2D eigenvalue weighted by Gasteiger charge is 2.25. The van der Waals surface area contributed by atoms with Gasteiger partial charge in [-0.1, -0.05) is 13.8 Å². The minimum Gasteiger partial charge on any atom is -0.327 e. The van der Waals surface area contributed by atoms with Gasteiger partial charge < -0.3 is 5.73 Å². The zero-order valence-corrected chi connectivity index (χ0v) is 11.0. The fourth-order valence-electron chi connectivity index (χ4n) is 1.92. The molecule has 3 N–H and O–H groups in total. The maximum atomic E-state index is 11.8. The second-order valence-corrected chi connectivity index (χ2v) is 6.60. The predicted molar refractivity (Wildman–Crippen MR) is 65.2 cm³/mol. The average Bonchev–Trinajstić information content (AvgIpc) is 2.67. The van der Waals surface area contributed by atoms with Gasteiger partial charge in [-0.05, 0) is 25.2 Å². The topological polar surface area (TPSA) is 75.4 Å². The van der Waals surface area contributed by atoms with E-state index in [0.717, 1.165) is 19.3 Å². The number of nitrogens with two attached hydrogens (primary N) is 1. The molecular formula is C10H23N3O2S. The second kappa shape index (κ2) is 5.95. The zero-order valence-electron chi connectivity index (χ0n) is 10.1. The van der Waals surface area contributed by atoms with Gasteiger partial charge in [0.1, 0.15) is 0 Å². The molecule has 1 aliphatic rings. The first-order valence-electron chi connectivity index (χ1n) is 5.92. The van der Waals surface area contributed by atoms with Crippen molar-refractivity contribution in [1.29, 1.82) is 0 Å². The molecule has 0 aromatic carbocycles. The van der Waals surface area contributed by atoms with Crippen LogP contribution in [0.2, 0.25) is 0 Å². The molecule has 1 rings (SSSR count). The van der Waals surface area contributed by atoms with E-state index in [1.807, 2.05) is 0 Å². The van der Waals surface area contributed by atoms with Crippen molar-refractivity contribution >= 4 is 10.2 Å². The molecule has 1 aliphatic heterocycles. The largest absolute Gasteiger partial charge is 0.327 e. The van der Waals surface area contributed by atoms with E-state index in [1.54, 1.807) is 0 Å². The Morgan fingerprint density at radius 2 is 1.88 bits per heavy atom. The van der Waals surface area contributed by atoms with Crippen LogP contribution >= 0.6 is 0 Å². The molecule has 1 atom stereocenters. The third-order valence-corrected chi connectivity index (χ3v) is 4.28. The van der Waals surface area contributed by atoms with Crippen LogP contribution in [-0.4, -0.2) is 38.4 Å². The van der Waals surface area contributed by atoms with Gasteiger partial charge in [-0.3, -0.25) is 0 Å². The van der Waals surface area contributed by atoms with Crippen LogP contribution in [0.25, 0.3) is 0 Å². The molecule has 16 heavy (non-hydrogen) atoms. The van der Waals surface area contributed by atoms with E-state index < -0.39 is 10.2 Å². The number of nitrogens with zero attached hydrogens (tertiary/aromatic N) is 1. The number of rotatable bonds is 6. The first-order chi connectivity index (χ1) is 7.42. The Labute approximate surface area is 98.6 Å².